The second-order valence-corrected chi connectivity index (χ2v) is 4.06. The van der Waals surface area contributed by atoms with Crippen molar-refractivity contribution < 1.29 is 4.74 Å². The lowest BCUT2D eigenvalue weighted by molar-refractivity contribution is -0.0987. The number of hydrogen-bond donors (Lipinski definition) is 1. The van der Waals surface area contributed by atoms with Crippen molar-refractivity contribution in [1.29, 1.82) is 0 Å². The predicted molar refractivity (Wildman–Crippen MR) is 59.1 cm³/mol. The molecule has 2 heteroatoms. The molecule has 2 nitrogen and oxygen atoms in total. The summed E-state index contributed by atoms with van der Waals surface area (Å²) in [5, 5.41) is 3.36. The van der Waals surface area contributed by atoms with E-state index in [1.54, 1.807) is 0 Å². The van der Waals surface area contributed by atoms with E-state index in [2.05, 4.69) is 11.2 Å². The first kappa shape index (κ1) is 11.6. The van der Waals surface area contributed by atoms with Crippen LogP contribution < -0.4 is 5.32 Å². The van der Waals surface area contributed by atoms with Gasteiger partial charge in [0, 0.05) is 19.6 Å². The highest BCUT2D eigenvalue weighted by Crippen LogP contribution is 2.39. The van der Waals surface area contributed by atoms with Gasteiger partial charge >= 0.3 is 0 Å². The summed E-state index contributed by atoms with van der Waals surface area (Å²) in [4.78, 5) is 0. The van der Waals surface area contributed by atoms with Crippen LogP contribution in [0.5, 0.6) is 0 Å². The van der Waals surface area contributed by atoms with E-state index in [9.17, 15) is 0 Å². The molecule has 80 valence electrons. The quantitative estimate of drug-likeness (QED) is 0.516. The molecule has 0 aliphatic heterocycles. The Kier molecular flexibility index (Phi) is 4.44. The summed E-state index contributed by atoms with van der Waals surface area (Å²) in [5.74, 6) is 2.68. The summed E-state index contributed by atoms with van der Waals surface area (Å²) in [6, 6.07) is 0.467. The van der Waals surface area contributed by atoms with E-state index in [1.165, 1.54) is 19.3 Å². The first-order chi connectivity index (χ1) is 6.79. The van der Waals surface area contributed by atoms with Gasteiger partial charge in [0.15, 0.2) is 0 Å². The molecule has 1 saturated carbocycles. The lowest BCUT2D eigenvalue weighted by atomic mass is 9.73. The molecular formula is C12H21NO. The summed E-state index contributed by atoms with van der Waals surface area (Å²) in [6.07, 6.45) is 12.0. The SMILES string of the molecule is C#CCCCC(NC)C1(OC)CCC1. The number of methoxy groups -OCH3 is 1. The lowest BCUT2D eigenvalue weighted by Crippen LogP contribution is -2.55. The molecule has 1 N–H and O–H groups in total. The highest BCUT2D eigenvalue weighted by atomic mass is 16.5. The van der Waals surface area contributed by atoms with Crippen LogP contribution in [0.4, 0.5) is 0 Å². The average molecular weight is 195 g/mol. The minimum Gasteiger partial charge on any atom is -0.377 e. The van der Waals surface area contributed by atoms with E-state index < -0.39 is 0 Å². The molecule has 1 atom stereocenters. The Bertz CT molecular complexity index is 197. The Hall–Kier alpha value is -0.520. The molecule has 0 amide bonds. The Balaban J connectivity index is 2.40. The third-order valence-corrected chi connectivity index (χ3v) is 3.40. The van der Waals surface area contributed by atoms with Crippen molar-refractivity contribution >= 4 is 0 Å². The molecule has 0 radical (unpaired) electrons. The van der Waals surface area contributed by atoms with Gasteiger partial charge in [0.05, 0.1) is 5.60 Å². The van der Waals surface area contributed by atoms with Crippen molar-refractivity contribution in [2.75, 3.05) is 14.2 Å². The normalized spacial score (nSPS) is 20.9. The molecule has 0 bridgehead atoms. The van der Waals surface area contributed by atoms with Gasteiger partial charge < -0.3 is 10.1 Å². The van der Waals surface area contributed by atoms with Crippen LogP contribution in [0.25, 0.3) is 0 Å². The number of rotatable bonds is 6. The molecule has 0 saturated heterocycles. The van der Waals surface area contributed by atoms with Crippen molar-refractivity contribution in [3.8, 4) is 12.3 Å². The Labute approximate surface area is 87.4 Å². The van der Waals surface area contributed by atoms with Crippen LogP contribution in [0.15, 0.2) is 0 Å². The van der Waals surface area contributed by atoms with Crippen LogP contribution in [-0.4, -0.2) is 25.8 Å². The van der Waals surface area contributed by atoms with Gasteiger partial charge in [0.25, 0.3) is 0 Å². The number of terminal acetylenes is 1. The zero-order valence-corrected chi connectivity index (χ0v) is 9.31. The van der Waals surface area contributed by atoms with Crippen LogP contribution in [0, 0.1) is 12.3 Å². The summed E-state index contributed by atoms with van der Waals surface area (Å²) < 4.78 is 5.64. The maximum Gasteiger partial charge on any atom is 0.0830 e. The van der Waals surface area contributed by atoms with Crippen molar-refractivity contribution in [3.63, 3.8) is 0 Å². The summed E-state index contributed by atoms with van der Waals surface area (Å²) in [6.45, 7) is 0. The molecule has 0 aromatic carbocycles. The van der Waals surface area contributed by atoms with Crippen molar-refractivity contribution in [2.24, 2.45) is 0 Å². The Morgan fingerprint density at radius 3 is 2.64 bits per heavy atom. The molecule has 1 fully saturated rings. The van der Waals surface area contributed by atoms with E-state index in [-0.39, 0.29) is 5.60 Å². The molecular weight excluding hydrogens is 174 g/mol. The van der Waals surface area contributed by atoms with Gasteiger partial charge in [-0.1, -0.05) is 0 Å². The van der Waals surface area contributed by atoms with E-state index >= 15 is 0 Å². The van der Waals surface area contributed by atoms with Gasteiger partial charge in [0.2, 0.25) is 0 Å². The molecule has 1 aliphatic rings. The van der Waals surface area contributed by atoms with Gasteiger partial charge in [-0.3, -0.25) is 0 Å². The molecule has 0 spiro atoms. The minimum absolute atomic E-state index is 0.101. The number of unbranched alkanes of at least 4 members (excludes halogenated alkanes) is 1. The molecule has 0 heterocycles. The first-order valence-electron chi connectivity index (χ1n) is 5.45. The van der Waals surface area contributed by atoms with Crippen LogP contribution in [0.1, 0.15) is 38.5 Å². The van der Waals surface area contributed by atoms with Crippen molar-refractivity contribution in [1.82, 2.24) is 5.32 Å². The third kappa shape index (κ3) is 2.29. The van der Waals surface area contributed by atoms with Gasteiger partial charge in [-0.2, -0.15) is 0 Å². The lowest BCUT2D eigenvalue weighted by Gasteiger charge is -2.46. The van der Waals surface area contributed by atoms with Crippen molar-refractivity contribution in [3.05, 3.63) is 0 Å². The maximum absolute atomic E-state index is 5.64. The number of hydrogen-bond acceptors (Lipinski definition) is 2. The Morgan fingerprint density at radius 2 is 2.29 bits per heavy atom. The fraction of sp³-hybridized carbons (Fsp3) is 0.833. The highest BCUT2D eigenvalue weighted by molar-refractivity contribution is 4.99. The van der Waals surface area contributed by atoms with Crippen LogP contribution in [0.2, 0.25) is 0 Å². The second kappa shape index (κ2) is 5.38. The fourth-order valence-corrected chi connectivity index (χ4v) is 2.30. The average Bonchev–Trinajstić information content (AvgIpc) is 2.14. The largest absolute Gasteiger partial charge is 0.377 e. The standard InChI is InChI=1S/C12H21NO/c1-4-5-6-8-11(13-2)12(14-3)9-7-10-12/h1,11,13H,5-10H2,2-3H3. The van der Waals surface area contributed by atoms with E-state index in [4.69, 9.17) is 11.2 Å². The van der Waals surface area contributed by atoms with E-state index in [0.717, 1.165) is 19.3 Å². The first-order valence-corrected chi connectivity index (χ1v) is 5.45. The summed E-state index contributed by atoms with van der Waals surface area (Å²) >= 11 is 0. The number of likely N-dealkylation sites (N-methyl/N-ethyl adjacent to an activating group) is 1. The molecule has 1 aliphatic carbocycles. The van der Waals surface area contributed by atoms with E-state index in [0.29, 0.717) is 6.04 Å². The summed E-state index contributed by atoms with van der Waals surface area (Å²) in [5.41, 5.74) is 0.101. The van der Waals surface area contributed by atoms with Crippen LogP contribution >= 0.6 is 0 Å². The van der Waals surface area contributed by atoms with Gasteiger partial charge in [-0.15, -0.1) is 12.3 Å². The van der Waals surface area contributed by atoms with Crippen LogP contribution in [-0.2, 0) is 4.74 Å². The maximum atomic E-state index is 5.64. The van der Waals surface area contributed by atoms with Gasteiger partial charge in [-0.05, 0) is 39.2 Å². The topological polar surface area (TPSA) is 21.3 Å². The predicted octanol–water partition coefficient (Wildman–Crippen LogP) is 1.95. The highest BCUT2D eigenvalue weighted by Gasteiger charge is 2.43. The molecule has 0 aromatic heterocycles. The second-order valence-electron chi connectivity index (χ2n) is 4.06. The van der Waals surface area contributed by atoms with Gasteiger partial charge in [0.1, 0.15) is 0 Å². The van der Waals surface area contributed by atoms with Crippen LogP contribution in [0.3, 0.4) is 0 Å². The molecule has 1 rings (SSSR count). The monoisotopic (exact) mass is 195 g/mol. The zero-order valence-electron chi connectivity index (χ0n) is 9.31. The van der Waals surface area contributed by atoms with E-state index in [1.807, 2.05) is 14.2 Å². The number of ether oxygens (including phenoxy) is 1. The minimum atomic E-state index is 0.101. The smallest absolute Gasteiger partial charge is 0.0830 e. The zero-order chi connectivity index (χ0) is 10.4. The van der Waals surface area contributed by atoms with Crippen molar-refractivity contribution in [2.45, 2.75) is 50.2 Å². The fourth-order valence-electron chi connectivity index (χ4n) is 2.30. The number of nitrogens with one attached hydrogen (secondary N) is 1. The third-order valence-electron chi connectivity index (χ3n) is 3.40. The molecule has 14 heavy (non-hydrogen) atoms. The molecule has 1 unspecified atom stereocenters. The molecule has 0 aromatic rings. The summed E-state index contributed by atoms with van der Waals surface area (Å²) in [7, 11) is 3.84. The Morgan fingerprint density at radius 1 is 1.57 bits per heavy atom. The van der Waals surface area contributed by atoms with Gasteiger partial charge in [-0.25, -0.2) is 0 Å².